The fourth-order valence-corrected chi connectivity index (χ4v) is 1.78. The topological polar surface area (TPSA) is 29.5 Å². The molecule has 0 saturated carbocycles. The molecule has 0 radical (unpaired) electrons. The Morgan fingerprint density at radius 2 is 1.80 bits per heavy atom. The molecular formula is C13H28O2. The normalized spacial score (nSPS) is 13.0. The van der Waals surface area contributed by atoms with Gasteiger partial charge in [-0.1, -0.05) is 33.1 Å². The monoisotopic (exact) mass is 216 g/mol. The lowest BCUT2D eigenvalue weighted by Crippen LogP contribution is -2.10. The van der Waals surface area contributed by atoms with Gasteiger partial charge in [-0.2, -0.15) is 0 Å². The summed E-state index contributed by atoms with van der Waals surface area (Å²) in [7, 11) is 0. The molecule has 0 spiro atoms. The molecule has 0 aromatic carbocycles. The molecule has 1 unspecified atom stereocenters. The third-order valence-electron chi connectivity index (χ3n) is 2.71. The molecule has 0 aliphatic rings. The second-order valence-corrected chi connectivity index (χ2v) is 4.30. The Bertz CT molecular complexity index is 115. The minimum absolute atomic E-state index is 0.289. The predicted octanol–water partition coefficient (Wildman–Crippen LogP) is 3.38. The van der Waals surface area contributed by atoms with E-state index in [9.17, 15) is 0 Å². The Balaban J connectivity index is 3.38. The van der Waals surface area contributed by atoms with Crippen LogP contribution in [0.5, 0.6) is 0 Å². The number of hydrogen-bond donors (Lipinski definition) is 1. The van der Waals surface area contributed by atoms with E-state index < -0.39 is 0 Å². The first-order valence-electron chi connectivity index (χ1n) is 6.53. The van der Waals surface area contributed by atoms with Crippen molar-refractivity contribution >= 4 is 0 Å². The van der Waals surface area contributed by atoms with Gasteiger partial charge < -0.3 is 9.84 Å². The molecule has 0 fully saturated rings. The first kappa shape index (κ1) is 14.9. The third-order valence-corrected chi connectivity index (χ3v) is 2.71. The summed E-state index contributed by atoms with van der Waals surface area (Å²) in [5.74, 6) is 0.754. The van der Waals surface area contributed by atoms with Crippen LogP contribution < -0.4 is 0 Å². The van der Waals surface area contributed by atoms with E-state index in [0.717, 1.165) is 32.0 Å². The zero-order chi connectivity index (χ0) is 11.4. The Hall–Kier alpha value is -0.0800. The van der Waals surface area contributed by atoms with Crippen molar-refractivity contribution in [2.24, 2.45) is 5.92 Å². The number of hydrogen-bond acceptors (Lipinski definition) is 2. The summed E-state index contributed by atoms with van der Waals surface area (Å²) in [6.07, 6.45) is 8.32. The molecule has 0 amide bonds. The highest BCUT2D eigenvalue weighted by molar-refractivity contribution is 4.57. The molecule has 0 aromatic heterocycles. The van der Waals surface area contributed by atoms with Crippen molar-refractivity contribution in [2.75, 3.05) is 19.8 Å². The molecule has 2 nitrogen and oxygen atoms in total. The van der Waals surface area contributed by atoms with Crippen LogP contribution in [0, 0.1) is 5.92 Å². The van der Waals surface area contributed by atoms with Crippen LogP contribution in [0.15, 0.2) is 0 Å². The van der Waals surface area contributed by atoms with Gasteiger partial charge in [-0.15, -0.1) is 0 Å². The van der Waals surface area contributed by atoms with Crippen molar-refractivity contribution in [3.05, 3.63) is 0 Å². The third kappa shape index (κ3) is 10.2. The van der Waals surface area contributed by atoms with Crippen LogP contribution in [0.4, 0.5) is 0 Å². The maximum Gasteiger partial charge on any atom is 0.0494 e. The largest absolute Gasteiger partial charge is 0.396 e. The number of rotatable bonds is 11. The second kappa shape index (κ2) is 12.0. The molecule has 0 saturated heterocycles. The minimum Gasteiger partial charge on any atom is -0.396 e. The summed E-state index contributed by atoms with van der Waals surface area (Å²) in [4.78, 5) is 0. The van der Waals surface area contributed by atoms with Crippen molar-refractivity contribution in [2.45, 2.75) is 58.8 Å². The van der Waals surface area contributed by atoms with Gasteiger partial charge in [0.05, 0.1) is 0 Å². The van der Waals surface area contributed by atoms with Crippen LogP contribution in [-0.2, 0) is 4.74 Å². The van der Waals surface area contributed by atoms with Gasteiger partial charge in [-0.05, 0) is 31.6 Å². The first-order valence-corrected chi connectivity index (χ1v) is 6.53. The molecule has 15 heavy (non-hydrogen) atoms. The van der Waals surface area contributed by atoms with E-state index in [1.807, 2.05) is 0 Å². The molecule has 1 N–H and O–H groups in total. The van der Waals surface area contributed by atoms with Crippen molar-refractivity contribution in [1.29, 1.82) is 0 Å². The fraction of sp³-hybridized carbons (Fsp3) is 1.00. The molecular weight excluding hydrogens is 188 g/mol. The molecule has 2 heteroatoms. The highest BCUT2D eigenvalue weighted by Gasteiger charge is 2.06. The van der Waals surface area contributed by atoms with Gasteiger partial charge in [0.1, 0.15) is 0 Å². The van der Waals surface area contributed by atoms with Crippen LogP contribution in [0.2, 0.25) is 0 Å². The van der Waals surface area contributed by atoms with E-state index in [-0.39, 0.29) is 6.61 Å². The van der Waals surface area contributed by atoms with Gasteiger partial charge in [-0.3, -0.25) is 0 Å². The number of aliphatic hydroxyl groups excluding tert-OH is 1. The van der Waals surface area contributed by atoms with Gasteiger partial charge >= 0.3 is 0 Å². The van der Waals surface area contributed by atoms with Crippen LogP contribution in [0.25, 0.3) is 0 Å². The molecule has 1 atom stereocenters. The molecule has 0 aliphatic carbocycles. The quantitative estimate of drug-likeness (QED) is 0.536. The minimum atomic E-state index is 0.289. The highest BCUT2D eigenvalue weighted by Crippen LogP contribution is 2.15. The number of ether oxygens (including phenoxy) is 1. The van der Waals surface area contributed by atoms with Crippen molar-refractivity contribution in [3.63, 3.8) is 0 Å². The smallest absolute Gasteiger partial charge is 0.0494 e. The molecule has 0 rings (SSSR count). The van der Waals surface area contributed by atoms with Crippen molar-refractivity contribution in [3.8, 4) is 0 Å². The Morgan fingerprint density at radius 3 is 2.40 bits per heavy atom. The standard InChI is InChI=1S/C13H28O2/c1-3-5-9-13(8-4-2)12-15-11-7-6-10-14/h13-14H,3-12H2,1-2H3. The predicted molar refractivity (Wildman–Crippen MR) is 65.1 cm³/mol. The lowest BCUT2D eigenvalue weighted by Gasteiger charge is -2.15. The van der Waals surface area contributed by atoms with Crippen molar-refractivity contribution < 1.29 is 9.84 Å². The first-order chi connectivity index (χ1) is 7.35. The zero-order valence-electron chi connectivity index (χ0n) is 10.5. The summed E-state index contributed by atoms with van der Waals surface area (Å²) in [5.41, 5.74) is 0. The number of aliphatic hydroxyl groups is 1. The summed E-state index contributed by atoms with van der Waals surface area (Å²) < 4.78 is 5.64. The Kier molecular flexibility index (Phi) is 11.9. The summed E-state index contributed by atoms with van der Waals surface area (Å²) in [6.45, 7) is 6.50. The fourth-order valence-electron chi connectivity index (χ4n) is 1.78. The van der Waals surface area contributed by atoms with Gasteiger partial charge in [0.25, 0.3) is 0 Å². The lowest BCUT2D eigenvalue weighted by atomic mass is 9.98. The second-order valence-electron chi connectivity index (χ2n) is 4.30. The van der Waals surface area contributed by atoms with Crippen molar-refractivity contribution in [1.82, 2.24) is 0 Å². The van der Waals surface area contributed by atoms with E-state index in [2.05, 4.69) is 13.8 Å². The average Bonchev–Trinajstić information content (AvgIpc) is 2.25. The summed E-state index contributed by atoms with van der Waals surface area (Å²) >= 11 is 0. The van der Waals surface area contributed by atoms with Gasteiger partial charge in [0.2, 0.25) is 0 Å². The summed E-state index contributed by atoms with van der Waals surface area (Å²) in [5, 5.41) is 8.62. The summed E-state index contributed by atoms with van der Waals surface area (Å²) in [6, 6.07) is 0. The molecule has 0 aliphatic heterocycles. The van der Waals surface area contributed by atoms with Crippen LogP contribution in [0.1, 0.15) is 58.8 Å². The highest BCUT2D eigenvalue weighted by atomic mass is 16.5. The van der Waals surface area contributed by atoms with E-state index in [0.29, 0.717) is 0 Å². The average molecular weight is 216 g/mol. The maximum absolute atomic E-state index is 8.62. The number of unbranched alkanes of at least 4 members (excludes halogenated alkanes) is 2. The van der Waals surface area contributed by atoms with E-state index in [4.69, 9.17) is 9.84 Å². The van der Waals surface area contributed by atoms with Crippen LogP contribution >= 0.6 is 0 Å². The lowest BCUT2D eigenvalue weighted by molar-refractivity contribution is 0.0862. The van der Waals surface area contributed by atoms with E-state index in [1.54, 1.807) is 0 Å². The van der Waals surface area contributed by atoms with E-state index >= 15 is 0 Å². The maximum atomic E-state index is 8.62. The molecule has 92 valence electrons. The van der Waals surface area contributed by atoms with E-state index in [1.165, 1.54) is 32.1 Å². The van der Waals surface area contributed by atoms with Crippen LogP contribution in [-0.4, -0.2) is 24.9 Å². The zero-order valence-corrected chi connectivity index (χ0v) is 10.5. The Morgan fingerprint density at radius 1 is 1.00 bits per heavy atom. The molecule has 0 aromatic rings. The molecule has 0 bridgehead atoms. The molecule has 0 heterocycles. The SMILES string of the molecule is CCCCC(CCC)COCCCCO. The van der Waals surface area contributed by atoms with Crippen LogP contribution in [0.3, 0.4) is 0 Å². The van der Waals surface area contributed by atoms with Gasteiger partial charge in [-0.25, -0.2) is 0 Å². The van der Waals surface area contributed by atoms with Gasteiger partial charge in [0.15, 0.2) is 0 Å². The Labute approximate surface area is 95.0 Å². The van der Waals surface area contributed by atoms with Gasteiger partial charge in [0, 0.05) is 19.8 Å².